The molecule has 4 heteroatoms. The lowest BCUT2D eigenvalue weighted by atomic mass is 10.1. The molecule has 2 unspecified atom stereocenters. The molecule has 2 aromatic rings. The van der Waals surface area contributed by atoms with Gasteiger partial charge in [0.15, 0.2) is 0 Å². The van der Waals surface area contributed by atoms with Crippen LogP contribution >= 0.6 is 0 Å². The molecule has 0 N–H and O–H groups in total. The number of halogens is 1. The highest BCUT2D eigenvalue weighted by Gasteiger charge is 2.27. The molecule has 0 bridgehead atoms. The molecule has 1 fully saturated rings. The Bertz CT molecular complexity index is 558. The Morgan fingerprint density at radius 1 is 1.15 bits per heavy atom. The van der Waals surface area contributed by atoms with E-state index in [2.05, 4.69) is 9.88 Å². The summed E-state index contributed by atoms with van der Waals surface area (Å²) in [6, 6.07) is 12.4. The maximum Gasteiger partial charge on any atom is 0.128 e. The lowest BCUT2D eigenvalue weighted by molar-refractivity contribution is -0.0176. The van der Waals surface area contributed by atoms with Crippen LogP contribution in [-0.4, -0.2) is 24.2 Å². The van der Waals surface area contributed by atoms with Gasteiger partial charge in [0.05, 0.1) is 6.10 Å². The van der Waals surface area contributed by atoms with Gasteiger partial charge < -0.3 is 9.64 Å². The summed E-state index contributed by atoms with van der Waals surface area (Å²) in [5.41, 5.74) is 0.999. The Balaban J connectivity index is 1.81. The van der Waals surface area contributed by atoms with E-state index in [9.17, 15) is 4.39 Å². The average Bonchev–Trinajstić information content (AvgIpc) is 2.48. The van der Waals surface area contributed by atoms with Crippen LogP contribution in [0.2, 0.25) is 0 Å². The fourth-order valence-electron chi connectivity index (χ4n) is 2.54. The maximum atomic E-state index is 13.0. The first-order chi connectivity index (χ1) is 9.72. The summed E-state index contributed by atoms with van der Waals surface area (Å²) in [5.74, 6) is 0.731. The van der Waals surface area contributed by atoms with Crippen molar-refractivity contribution in [2.45, 2.75) is 19.1 Å². The SMILES string of the molecule is CC1CN(c2ccccn2)CC(c2ccc(F)cc2)O1. The molecular formula is C16H17FN2O. The fraction of sp³-hybridized carbons (Fsp3) is 0.312. The van der Waals surface area contributed by atoms with Crippen molar-refractivity contribution in [1.82, 2.24) is 4.98 Å². The molecule has 0 amide bonds. The summed E-state index contributed by atoms with van der Waals surface area (Å²) in [7, 11) is 0. The number of benzene rings is 1. The molecule has 2 atom stereocenters. The Labute approximate surface area is 118 Å². The van der Waals surface area contributed by atoms with Crippen LogP contribution in [0.3, 0.4) is 0 Å². The van der Waals surface area contributed by atoms with Gasteiger partial charge in [-0.25, -0.2) is 9.37 Å². The molecule has 1 aliphatic heterocycles. The minimum Gasteiger partial charge on any atom is -0.367 e. The lowest BCUT2D eigenvalue weighted by Gasteiger charge is -2.37. The van der Waals surface area contributed by atoms with Gasteiger partial charge in [0.25, 0.3) is 0 Å². The second-order valence-corrected chi connectivity index (χ2v) is 5.08. The number of aromatic nitrogens is 1. The van der Waals surface area contributed by atoms with Crippen LogP contribution in [0.4, 0.5) is 10.2 Å². The molecular weight excluding hydrogens is 255 g/mol. The largest absolute Gasteiger partial charge is 0.367 e. The molecule has 0 spiro atoms. The third-order valence-electron chi connectivity index (χ3n) is 3.48. The normalized spacial score (nSPS) is 22.8. The summed E-state index contributed by atoms with van der Waals surface area (Å²) in [6.07, 6.45) is 1.85. The van der Waals surface area contributed by atoms with Crippen molar-refractivity contribution >= 4 is 5.82 Å². The van der Waals surface area contributed by atoms with Crippen LogP contribution in [0, 0.1) is 5.82 Å². The summed E-state index contributed by atoms with van der Waals surface area (Å²) in [6.45, 7) is 3.59. The second kappa shape index (κ2) is 5.59. The molecule has 2 heterocycles. The number of nitrogens with zero attached hydrogens (tertiary/aromatic N) is 2. The number of pyridine rings is 1. The Morgan fingerprint density at radius 3 is 2.65 bits per heavy atom. The summed E-state index contributed by atoms with van der Waals surface area (Å²) >= 11 is 0. The fourth-order valence-corrected chi connectivity index (χ4v) is 2.54. The van der Waals surface area contributed by atoms with E-state index in [1.165, 1.54) is 12.1 Å². The first-order valence-corrected chi connectivity index (χ1v) is 6.79. The van der Waals surface area contributed by atoms with Crippen molar-refractivity contribution in [3.05, 3.63) is 60.0 Å². The van der Waals surface area contributed by atoms with Crippen LogP contribution in [0.1, 0.15) is 18.6 Å². The molecule has 20 heavy (non-hydrogen) atoms. The molecule has 3 rings (SSSR count). The maximum absolute atomic E-state index is 13.0. The average molecular weight is 272 g/mol. The van der Waals surface area contributed by atoms with Crippen LogP contribution in [0.15, 0.2) is 48.7 Å². The van der Waals surface area contributed by atoms with E-state index in [4.69, 9.17) is 4.74 Å². The van der Waals surface area contributed by atoms with E-state index in [1.54, 1.807) is 18.3 Å². The van der Waals surface area contributed by atoms with Gasteiger partial charge in [-0.3, -0.25) is 0 Å². The zero-order valence-electron chi connectivity index (χ0n) is 11.4. The van der Waals surface area contributed by atoms with Crippen molar-refractivity contribution in [3.63, 3.8) is 0 Å². The first-order valence-electron chi connectivity index (χ1n) is 6.79. The molecule has 0 aliphatic carbocycles. The van der Waals surface area contributed by atoms with Gasteiger partial charge in [0.2, 0.25) is 0 Å². The summed E-state index contributed by atoms with van der Waals surface area (Å²) in [4.78, 5) is 6.60. The number of hydrogen-bond donors (Lipinski definition) is 0. The van der Waals surface area contributed by atoms with Crippen LogP contribution < -0.4 is 4.90 Å². The van der Waals surface area contributed by atoms with E-state index in [0.29, 0.717) is 0 Å². The van der Waals surface area contributed by atoms with Gasteiger partial charge >= 0.3 is 0 Å². The van der Waals surface area contributed by atoms with Crippen molar-refractivity contribution < 1.29 is 9.13 Å². The number of morpholine rings is 1. The molecule has 104 valence electrons. The second-order valence-electron chi connectivity index (χ2n) is 5.08. The van der Waals surface area contributed by atoms with E-state index in [0.717, 1.165) is 24.5 Å². The zero-order chi connectivity index (χ0) is 13.9. The van der Waals surface area contributed by atoms with Gasteiger partial charge in [-0.2, -0.15) is 0 Å². The van der Waals surface area contributed by atoms with E-state index in [1.807, 2.05) is 25.1 Å². The highest BCUT2D eigenvalue weighted by molar-refractivity contribution is 5.39. The topological polar surface area (TPSA) is 25.4 Å². The minimum absolute atomic E-state index is 0.0543. The van der Waals surface area contributed by atoms with E-state index >= 15 is 0 Å². The first kappa shape index (κ1) is 13.1. The monoisotopic (exact) mass is 272 g/mol. The van der Waals surface area contributed by atoms with Gasteiger partial charge in [-0.1, -0.05) is 18.2 Å². The van der Waals surface area contributed by atoms with E-state index < -0.39 is 0 Å². The van der Waals surface area contributed by atoms with E-state index in [-0.39, 0.29) is 18.0 Å². The van der Waals surface area contributed by atoms with Crippen molar-refractivity contribution in [3.8, 4) is 0 Å². The molecule has 1 aliphatic rings. The van der Waals surface area contributed by atoms with Gasteiger partial charge in [-0.15, -0.1) is 0 Å². The van der Waals surface area contributed by atoms with Crippen LogP contribution in [0.5, 0.6) is 0 Å². The van der Waals surface area contributed by atoms with Crippen LogP contribution in [-0.2, 0) is 4.74 Å². The van der Waals surface area contributed by atoms with Gasteiger partial charge in [0.1, 0.15) is 17.7 Å². The quantitative estimate of drug-likeness (QED) is 0.839. The molecule has 0 radical (unpaired) electrons. The van der Waals surface area contributed by atoms with Crippen molar-refractivity contribution in [2.75, 3.05) is 18.0 Å². The summed E-state index contributed by atoms with van der Waals surface area (Å²) < 4.78 is 19.0. The molecule has 1 aromatic heterocycles. The van der Waals surface area contributed by atoms with Crippen LogP contribution in [0.25, 0.3) is 0 Å². The molecule has 1 aromatic carbocycles. The Kier molecular flexibility index (Phi) is 3.65. The lowest BCUT2D eigenvalue weighted by Crippen LogP contribution is -2.43. The minimum atomic E-state index is -0.223. The number of ether oxygens (including phenoxy) is 1. The summed E-state index contributed by atoms with van der Waals surface area (Å²) in [5, 5.41) is 0. The van der Waals surface area contributed by atoms with Gasteiger partial charge in [-0.05, 0) is 36.8 Å². The zero-order valence-corrected chi connectivity index (χ0v) is 11.4. The molecule has 0 saturated carbocycles. The third-order valence-corrected chi connectivity index (χ3v) is 3.48. The molecule has 3 nitrogen and oxygen atoms in total. The number of anilines is 1. The number of hydrogen-bond acceptors (Lipinski definition) is 3. The predicted molar refractivity (Wildman–Crippen MR) is 76.1 cm³/mol. The predicted octanol–water partition coefficient (Wildman–Crippen LogP) is 3.19. The third kappa shape index (κ3) is 2.80. The van der Waals surface area contributed by atoms with Crippen molar-refractivity contribution in [2.24, 2.45) is 0 Å². The highest BCUT2D eigenvalue weighted by atomic mass is 19.1. The Morgan fingerprint density at radius 2 is 1.95 bits per heavy atom. The smallest absolute Gasteiger partial charge is 0.128 e. The number of rotatable bonds is 2. The Hall–Kier alpha value is -1.94. The standard InChI is InChI=1S/C16H17FN2O/c1-12-10-19(16-4-2-3-9-18-16)11-15(20-12)13-5-7-14(17)8-6-13/h2-9,12,15H,10-11H2,1H3. The van der Waals surface area contributed by atoms with Crippen molar-refractivity contribution in [1.29, 1.82) is 0 Å². The molecule has 1 saturated heterocycles. The highest BCUT2D eigenvalue weighted by Crippen LogP contribution is 2.27. The van der Waals surface area contributed by atoms with Gasteiger partial charge in [0, 0.05) is 19.3 Å².